The smallest absolute Gasteiger partial charge is 0.256 e. The van der Waals surface area contributed by atoms with E-state index in [2.05, 4.69) is 29.1 Å². The van der Waals surface area contributed by atoms with E-state index < -0.39 is 0 Å². The fourth-order valence-corrected chi connectivity index (χ4v) is 2.62. The summed E-state index contributed by atoms with van der Waals surface area (Å²) in [5, 5.41) is 3.38. The highest BCUT2D eigenvalue weighted by Crippen LogP contribution is 2.18. The molecule has 0 spiro atoms. The second-order valence-corrected chi connectivity index (χ2v) is 5.35. The first-order valence-electron chi connectivity index (χ1n) is 6.91. The van der Waals surface area contributed by atoms with Gasteiger partial charge < -0.3 is 10.2 Å². The molecule has 2 aromatic rings. The Labute approximate surface area is 118 Å². The normalized spacial score (nSPS) is 23.0. The zero-order valence-corrected chi connectivity index (χ0v) is 11.7. The third kappa shape index (κ3) is 2.25. The van der Waals surface area contributed by atoms with Crippen LogP contribution in [0.5, 0.6) is 0 Å². The zero-order valence-electron chi connectivity index (χ0n) is 11.7. The molecule has 0 bridgehead atoms. The van der Waals surface area contributed by atoms with Crippen LogP contribution in [0.4, 0.5) is 0 Å². The lowest BCUT2D eigenvalue weighted by Gasteiger charge is -2.37. The Balaban J connectivity index is 2.00. The molecule has 2 unspecified atom stereocenters. The van der Waals surface area contributed by atoms with Gasteiger partial charge in [0.15, 0.2) is 0 Å². The van der Waals surface area contributed by atoms with Crippen molar-refractivity contribution in [3.63, 3.8) is 0 Å². The number of aromatic nitrogens is 2. The van der Waals surface area contributed by atoms with Gasteiger partial charge in [0.05, 0.1) is 11.1 Å². The molecule has 5 nitrogen and oxygen atoms in total. The second-order valence-electron chi connectivity index (χ2n) is 5.35. The van der Waals surface area contributed by atoms with Crippen LogP contribution in [-0.2, 0) is 0 Å². The lowest BCUT2D eigenvalue weighted by atomic mass is 10.1. The zero-order chi connectivity index (χ0) is 14.1. The topological polar surface area (TPSA) is 58.1 Å². The Morgan fingerprint density at radius 2 is 2.10 bits per heavy atom. The second kappa shape index (κ2) is 5.17. The number of benzene rings is 1. The van der Waals surface area contributed by atoms with E-state index in [1.54, 1.807) is 12.4 Å². The van der Waals surface area contributed by atoms with Crippen LogP contribution in [0.25, 0.3) is 11.0 Å². The number of hydrogen-bond donors (Lipinski definition) is 1. The molecule has 2 heterocycles. The van der Waals surface area contributed by atoms with E-state index in [-0.39, 0.29) is 11.9 Å². The van der Waals surface area contributed by atoms with E-state index in [9.17, 15) is 4.79 Å². The average molecular weight is 270 g/mol. The van der Waals surface area contributed by atoms with Gasteiger partial charge in [0.2, 0.25) is 0 Å². The predicted octanol–water partition coefficient (Wildman–Crippen LogP) is 1.45. The lowest BCUT2D eigenvalue weighted by molar-refractivity contribution is 0.0618. The van der Waals surface area contributed by atoms with Crippen LogP contribution in [0.2, 0.25) is 0 Å². The molecule has 1 fully saturated rings. The third-order valence-corrected chi connectivity index (χ3v) is 3.75. The maximum Gasteiger partial charge on any atom is 0.256 e. The van der Waals surface area contributed by atoms with E-state index in [4.69, 9.17) is 0 Å². The van der Waals surface area contributed by atoms with Crippen LogP contribution in [0.1, 0.15) is 24.2 Å². The Kier molecular flexibility index (Phi) is 3.36. The van der Waals surface area contributed by atoms with Crippen molar-refractivity contribution in [1.82, 2.24) is 20.2 Å². The van der Waals surface area contributed by atoms with Crippen molar-refractivity contribution in [3.05, 3.63) is 36.2 Å². The number of hydrogen-bond acceptors (Lipinski definition) is 4. The van der Waals surface area contributed by atoms with Crippen LogP contribution in [-0.4, -0.2) is 45.9 Å². The molecule has 2 atom stereocenters. The van der Waals surface area contributed by atoms with Gasteiger partial charge in [-0.1, -0.05) is 6.07 Å². The summed E-state index contributed by atoms with van der Waals surface area (Å²) in [5.74, 6) is 0.0388. The van der Waals surface area contributed by atoms with Crippen molar-refractivity contribution >= 4 is 16.9 Å². The molecule has 0 saturated carbocycles. The van der Waals surface area contributed by atoms with E-state index >= 15 is 0 Å². The summed E-state index contributed by atoms with van der Waals surface area (Å²) in [6.07, 6.45) is 3.27. The molecule has 0 radical (unpaired) electrons. The minimum atomic E-state index is 0.0388. The molecule has 1 amide bonds. The van der Waals surface area contributed by atoms with E-state index in [0.717, 1.165) is 18.6 Å². The lowest BCUT2D eigenvalue weighted by Crippen LogP contribution is -2.56. The molecular formula is C15H18N4O. The number of carbonyl (C=O) groups is 1. The summed E-state index contributed by atoms with van der Waals surface area (Å²) in [5.41, 5.74) is 2.07. The highest BCUT2D eigenvalue weighted by atomic mass is 16.2. The monoisotopic (exact) mass is 270 g/mol. The first-order valence-corrected chi connectivity index (χ1v) is 6.91. The van der Waals surface area contributed by atoms with Gasteiger partial charge >= 0.3 is 0 Å². The van der Waals surface area contributed by atoms with Gasteiger partial charge in [0.25, 0.3) is 5.91 Å². The summed E-state index contributed by atoms with van der Waals surface area (Å²) >= 11 is 0. The number of fused-ring (bicyclic) bond motifs is 1. The first kappa shape index (κ1) is 13.0. The molecule has 1 aliphatic heterocycles. The summed E-state index contributed by atoms with van der Waals surface area (Å²) in [6.45, 7) is 5.70. The summed E-state index contributed by atoms with van der Waals surface area (Å²) in [7, 11) is 0. The van der Waals surface area contributed by atoms with Crippen molar-refractivity contribution in [2.45, 2.75) is 25.9 Å². The fourth-order valence-electron chi connectivity index (χ4n) is 2.62. The number of nitrogens with one attached hydrogen (secondary N) is 1. The quantitative estimate of drug-likeness (QED) is 0.852. The number of carbonyl (C=O) groups excluding carboxylic acids is 1. The van der Waals surface area contributed by atoms with Gasteiger partial charge in [0, 0.05) is 37.6 Å². The summed E-state index contributed by atoms with van der Waals surface area (Å²) < 4.78 is 0. The molecule has 1 aliphatic rings. The summed E-state index contributed by atoms with van der Waals surface area (Å²) in [6, 6.07) is 6.07. The first-order chi connectivity index (χ1) is 9.66. The van der Waals surface area contributed by atoms with Gasteiger partial charge in [-0.2, -0.15) is 0 Å². The number of rotatable bonds is 1. The molecule has 3 rings (SSSR count). The van der Waals surface area contributed by atoms with E-state index in [1.807, 2.05) is 23.1 Å². The van der Waals surface area contributed by atoms with Crippen LogP contribution in [0.3, 0.4) is 0 Å². The van der Waals surface area contributed by atoms with Crippen molar-refractivity contribution in [2.75, 3.05) is 13.1 Å². The van der Waals surface area contributed by atoms with Gasteiger partial charge in [-0.25, -0.2) is 0 Å². The highest BCUT2D eigenvalue weighted by molar-refractivity contribution is 6.04. The van der Waals surface area contributed by atoms with Gasteiger partial charge in [-0.3, -0.25) is 14.8 Å². The Hall–Kier alpha value is -2.01. The number of para-hydroxylation sites is 1. The fraction of sp³-hybridized carbons (Fsp3) is 0.400. The van der Waals surface area contributed by atoms with Crippen molar-refractivity contribution in [2.24, 2.45) is 0 Å². The largest absolute Gasteiger partial charge is 0.333 e. The number of piperazine rings is 1. The minimum Gasteiger partial charge on any atom is -0.333 e. The molecule has 20 heavy (non-hydrogen) atoms. The van der Waals surface area contributed by atoms with Gasteiger partial charge in [-0.15, -0.1) is 0 Å². The van der Waals surface area contributed by atoms with Crippen LogP contribution in [0.15, 0.2) is 30.6 Å². The Morgan fingerprint density at radius 1 is 1.30 bits per heavy atom. The Bertz CT molecular complexity index is 637. The molecule has 5 heteroatoms. The number of amides is 1. The van der Waals surface area contributed by atoms with Crippen LogP contribution >= 0.6 is 0 Å². The highest BCUT2D eigenvalue weighted by Gasteiger charge is 2.28. The molecular weight excluding hydrogens is 252 g/mol. The standard InChI is InChI=1S/C15H18N4O/c1-10-9-19(11(2)8-18-10)15(20)12-4-3-5-13-14(12)17-7-6-16-13/h3-7,10-11,18H,8-9H2,1-2H3. The van der Waals surface area contributed by atoms with Crippen molar-refractivity contribution < 1.29 is 4.79 Å². The molecule has 104 valence electrons. The van der Waals surface area contributed by atoms with E-state index in [0.29, 0.717) is 17.1 Å². The minimum absolute atomic E-state index is 0.0388. The average Bonchev–Trinajstić information content (AvgIpc) is 2.48. The van der Waals surface area contributed by atoms with Crippen LogP contribution < -0.4 is 5.32 Å². The maximum absolute atomic E-state index is 12.8. The van der Waals surface area contributed by atoms with Crippen molar-refractivity contribution in [1.29, 1.82) is 0 Å². The maximum atomic E-state index is 12.8. The van der Waals surface area contributed by atoms with Gasteiger partial charge in [-0.05, 0) is 26.0 Å². The Morgan fingerprint density at radius 3 is 2.95 bits per heavy atom. The predicted molar refractivity (Wildman–Crippen MR) is 77.5 cm³/mol. The number of nitrogens with zero attached hydrogens (tertiary/aromatic N) is 3. The third-order valence-electron chi connectivity index (χ3n) is 3.75. The molecule has 1 saturated heterocycles. The SMILES string of the molecule is CC1CN(C(=O)c2cccc3nccnc23)C(C)CN1. The molecule has 1 aromatic heterocycles. The van der Waals surface area contributed by atoms with Gasteiger partial charge in [0.1, 0.15) is 5.52 Å². The van der Waals surface area contributed by atoms with Crippen molar-refractivity contribution in [3.8, 4) is 0 Å². The summed E-state index contributed by atoms with van der Waals surface area (Å²) in [4.78, 5) is 23.3. The molecule has 1 aromatic carbocycles. The molecule has 1 N–H and O–H groups in total. The van der Waals surface area contributed by atoms with E-state index in [1.165, 1.54) is 0 Å². The molecule has 0 aliphatic carbocycles. The van der Waals surface area contributed by atoms with Crippen LogP contribution in [0, 0.1) is 0 Å².